The van der Waals surface area contributed by atoms with Gasteiger partial charge in [0.25, 0.3) is 5.72 Å². The van der Waals surface area contributed by atoms with E-state index in [2.05, 4.69) is 9.73 Å². The van der Waals surface area contributed by atoms with E-state index in [0.29, 0.717) is 0 Å². The highest BCUT2D eigenvalue weighted by Crippen LogP contribution is 2.21. The van der Waals surface area contributed by atoms with Crippen molar-refractivity contribution in [2.24, 2.45) is 16.5 Å². The Morgan fingerprint density at radius 2 is 2.21 bits per heavy atom. The summed E-state index contributed by atoms with van der Waals surface area (Å²) in [6, 6.07) is -0.783. The van der Waals surface area contributed by atoms with Gasteiger partial charge in [-0.15, -0.1) is 0 Å². The zero-order valence-electron chi connectivity index (χ0n) is 7.64. The van der Waals surface area contributed by atoms with Crippen molar-refractivity contribution >= 4 is 18.1 Å². The second kappa shape index (κ2) is 3.59. The lowest BCUT2D eigenvalue weighted by molar-refractivity contribution is -0.133. The third-order valence-electron chi connectivity index (χ3n) is 1.70. The van der Waals surface area contributed by atoms with Gasteiger partial charge in [-0.25, -0.2) is 9.79 Å². The number of ketones is 1. The highest BCUT2D eigenvalue weighted by molar-refractivity contribution is 5.98. The van der Waals surface area contributed by atoms with Gasteiger partial charge in [0.15, 0.2) is 0 Å². The normalized spacial score (nSPS) is 26.1. The molecule has 1 amide bonds. The standard InChI is InChI=1S/C8H11N3O3/c1-5(9)6(12)8(14-7(10)13)3-2-4-11-8/h2-5H,9H2,1H3,(H2,10,13)/t5-,8?/m0/s1. The van der Waals surface area contributed by atoms with E-state index < -0.39 is 23.6 Å². The summed E-state index contributed by atoms with van der Waals surface area (Å²) in [5.41, 5.74) is 8.57. The third kappa shape index (κ3) is 1.80. The lowest BCUT2D eigenvalue weighted by atomic mass is 10.0. The minimum Gasteiger partial charge on any atom is -0.410 e. The van der Waals surface area contributed by atoms with Crippen LogP contribution in [0.1, 0.15) is 6.92 Å². The van der Waals surface area contributed by atoms with Crippen LogP contribution in [0.25, 0.3) is 0 Å². The number of carbonyl (C=O) groups is 2. The molecule has 1 unspecified atom stereocenters. The van der Waals surface area contributed by atoms with Crippen LogP contribution in [0.3, 0.4) is 0 Å². The third-order valence-corrected chi connectivity index (χ3v) is 1.70. The van der Waals surface area contributed by atoms with E-state index in [4.69, 9.17) is 11.5 Å². The van der Waals surface area contributed by atoms with Crippen molar-refractivity contribution in [2.45, 2.75) is 18.7 Å². The van der Waals surface area contributed by atoms with Crippen molar-refractivity contribution in [2.75, 3.05) is 0 Å². The van der Waals surface area contributed by atoms with Crippen molar-refractivity contribution in [3.05, 3.63) is 12.2 Å². The second-order valence-corrected chi connectivity index (χ2v) is 2.91. The monoisotopic (exact) mass is 197 g/mol. The fraction of sp³-hybridized carbons (Fsp3) is 0.375. The molecule has 1 heterocycles. The first-order valence-corrected chi connectivity index (χ1v) is 3.99. The van der Waals surface area contributed by atoms with Gasteiger partial charge >= 0.3 is 6.09 Å². The van der Waals surface area contributed by atoms with Gasteiger partial charge in [0.05, 0.1) is 6.04 Å². The summed E-state index contributed by atoms with van der Waals surface area (Å²) in [7, 11) is 0. The van der Waals surface area contributed by atoms with Gasteiger partial charge in [0, 0.05) is 6.21 Å². The molecule has 1 aliphatic heterocycles. The molecule has 2 atom stereocenters. The molecule has 6 nitrogen and oxygen atoms in total. The maximum atomic E-state index is 11.6. The molecule has 0 aliphatic carbocycles. The number of nitrogens with zero attached hydrogens (tertiary/aromatic N) is 1. The van der Waals surface area contributed by atoms with Crippen LogP contribution in [-0.2, 0) is 9.53 Å². The average Bonchev–Trinajstić information content (AvgIpc) is 2.51. The number of Topliss-reactive ketones (excluding diaryl/α,β-unsaturated/α-hetero) is 1. The maximum absolute atomic E-state index is 11.6. The van der Waals surface area contributed by atoms with E-state index in [0.717, 1.165) is 0 Å². The Morgan fingerprint density at radius 3 is 2.57 bits per heavy atom. The highest BCUT2D eigenvalue weighted by Gasteiger charge is 2.41. The van der Waals surface area contributed by atoms with Crippen molar-refractivity contribution < 1.29 is 14.3 Å². The molecule has 0 bridgehead atoms. The molecule has 1 rings (SSSR count). The highest BCUT2D eigenvalue weighted by atomic mass is 16.6. The van der Waals surface area contributed by atoms with Gasteiger partial charge in [-0.2, -0.15) is 0 Å². The van der Waals surface area contributed by atoms with E-state index in [1.807, 2.05) is 0 Å². The summed E-state index contributed by atoms with van der Waals surface area (Å²) >= 11 is 0. The van der Waals surface area contributed by atoms with Crippen LogP contribution in [0.2, 0.25) is 0 Å². The molecule has 76 valence electrons. The summed E-state index contributed by atoms with van der Waals surface area (Å²) in [6.07, 6.45) is 3.11. The van der Waals surface area contributed by atoms with Crippen LogP contribution in [0.5, 0.6) is 0 Å². The molecule has 1 aliphatic rings. The predicted octanol–water partition coefficient (Wildman–Crippen LogP) is -0.665. The number of ether oxygens (including phenoxy) is 1. The van der Waals surface area contributed by atoms with Crippen molar-refractivity contribution in [1.82, 2.24) is 0 Å². The fourth-order valence-electron chi connectivity index (χ4n) is 1.11. The van der Waals surface area contributed by atoms with Crippen LogP contribution in [0, 0.1) is 0 Å². The summed E-state index contributed by atoms with van der Waals surface area (Å²) in [5.74, 6) is -0.513. The molecule has 0 spiro atoms. The van der Waals surface area contributed by atoms with Crippen molar-refractivity contribution in [1.29, 1.82) is 0 Å². The van der Waals surface area contributed by atoms with E-state index in [9.17, 15) is 9.59 Å². The van der Waals surface area contributed by atoms with Crippen molar-refractivity contribution in [3.63, 3.8) is 0 Å². The summed E-state index contributed by atoms with van der Waals surface area (Å²) in [6.45, 7) is 1.48. The van der Waals surface area contributed by atoms with Gasteiger partial charge in [-0.1, -0.05) is 0 Å². The molecule has 0 saturated heterocycles. The SMILES string of the molecule is C[C@H](N)C(=O)C1(OC(N)=O)C=CC=N1. The van der Waals surface area contributed by atoms with Crippen molar-refractivity contribution in [3.8, 4) is 0 Å². The zero-order chi connectivity index (χ0) is 10.8. The number of aliphatic imine (C=N–C) groups is 1. The number of amides is 1. The molecule has 0 aromatic carbocycles. The minimum absolute atomic E-state index is 0.513. The van der Waals surface area contributed by atoms with E-state index >= 15 is 0 Å². The second-order valence-electron chi connectivity index (χ2n) is 2.91. The molecular weight excluding hydrogens is 186 g/mol. The van der Waals surface area contributed by atoms with Crippen LogP contribution >= 0.6 is 0 Å². The fourth-order valence-corrected chi connectivity index (χ4v) is 1.11. The number of hydrogen-bond donors (Lipinski definition) is 2. The molecule has 6 heteroatoms. The smallest absolute Gasteiger partial charge is 0.407 e. The Balaban J connectivity index is 2.94. The van der Waals surface area contributed by atoms with Crippen LogP contribution in [-0.4, -0.2) is 29.9 Å². The molecule has 4 N–H and O–H groups in total. The van der Waals surface area contributed by atoms with Gasteiger partial charge in [0.1, 0.15) is 0 Å². The lowest BCUT2D eigenvalue weighted by Gasteiger charge is -2.23. The molecule has 0 radical (unpaired) electrons. The maximum Gasteiger partial charge on any atom is 0.407 e. The summed E-state index contributed by atoms with van der Waals surface area (Å²) < 4.78 is 4.65. The molecule has 0 aromatic rings. The molecule has 0 fully saturated rings. The number of primary amides is 1. The van der Waals surface area contributed by atoms with Crippen LogP contribution in [0.15, 0.2) is 17.1 Å². The van der Waals surface area contributed by atoms with E-state index in [1.165, 1.54) is 25.3 Å². The summed E-state index contributed by atoms with van der Waals surface area (Å²) in [4.78, 5) is 25.9. The Morgan fingerprint density at radius 1 is 1.57 bits per heavy atom. The van der Waals surface area contributed by atoms with Gasteiger partial charge in [-0.05, 0) is 19.1 Å². The number of allylic oxidation sites excluding steroid dienone is 1. The van der Waals surface area contributed by atoms with Crippen LogP contribution < -0.4 is 11.5 Å². The molecule has 0 saturated carbocycles. The first kappa shape index (κ1) is 10.4. The van der Waals surface area contributed by atoms with Crippen LogP contribution in [0.4, 0.5) is 4.79 Å². The topological polar surface area (TPSA) is 108 Å². The number of nitrogens with two attached hydrogens (primary N) is 2. The largest absolute Gasteiger partial charge is 0.410 e. The quantitative estimate of drug-likeness (QED) is 0.625. The molecule has 0 aromatic heterocycles. The summed E-state index contributed by atoms with van der Waals surface area (Å²) in [5, 5.41) is 0. The molecule has 14 heavy (non-hydrogen) atoms. The Labute approximate surface area is 80.6 Å². The Hall–Kier alpha value is -1.69. The van der Waals surface area contributed by atoms with Gasteiger partial charge in [0.2, 0.25) is 5.78 Å². The Bertz CT molecular complexity index is 308. The predicted molar refractivity (Wildman–Crippen MR) is 49.7 cm³/mol. The minimum atomic E-state index is -1.65. The number of rotatable bonds is 3. The van der Waals surface area contributed by atoms with Gasteiger partial charge < -0.3 is 16.2 Å². The number of carbonyl (C=O) groups excluding carboxylic acids is 2. The van der Waals surface area contributed by atoms with Gasteiger partial charge in [-0.3, -0.25) is 4.79 Å². The lowest BCUT2D eigenvalue weighted by Crippen LogP contribution is -2.47. The Kier molecular flexibility index (Phi) is 2.66. The zero-order valence-corrected chi connectivity index (χ0v) is 7.64. The first-order valence-electron chi connectivity index (χ1n) is 3.99. The van der Waals surface area contributed by atoms with E-state index in [1.54, 1.807) is 0 Å². The van der Waals surface area contributed by atoms with E-state index in [-0.39, 0.29) is 0 Å². The average molecular weight is 197 g/mol. The first-order chi connectivity index (χ1) is 6.48. The molecular formula is C8H11N3O3. The number of hydrogen-bond acceptors (Lipinski definition) is 5.